The summed E-state index contributed by atoms with van der Waals surface area (Å²) in [7, 11) is 0.570. The molecule has 0 atom stereocenters. The second-order valence-corrected chi connectivity index (χ2v) is 9.53. The fourth-order valence-corrected chi connectivity index (χ4v) is 4.95. The van der Waals surface area contributed by atoms with Gasteiger partial charge in [-0.15, -0.1) is 0 Å². The maximum atomic E-state index is 13.5. The molecular weight excluding hydrogens is 468 g/mol. The molecular formula is C26H30N2O6S. The average molecular weight is 499 g/mol. The summed E-state index contributed by atoms with van der Waals surface area (Å²) >= 11 is 0. The van der Waals surface area contributed by atoms with Gasteiger partial charge in [0, 0.05) is 12.6 Å². The Hall–Kier alpha value is -3.72. The van der Waals surface area contributed by atoms with E-state index in [-0.39, 0.29) is 11.4 Å². The van der Waals surface area contributed by atoms with Gasteiger partial charge in [0.15, 0.2) is 11.5 Å². The lowest BCUT2D eigenvalue weighted by Gasteiger charge is -2.25. The van der Waals surface area contributed by atoms with Gasteiger partial charge in [-0.05, 0) is 54.8 Å². The van der Waals surface area contributed by atoms with Gasteiger partial charge in [-0.3, -0.25) is 9.10 Å². The van der Waals surface area contributed by atoms with E-state index in [1.165, 1.54) is 32.4 Å². The first-order valence-electron chi connectivity index (χ1n) is 11.1. The summed E-state index contributed by atoms with van der Waals surface area (Å²) in [6, 6.07) is 20.5. The normalized spacial score (nSPS) is 10.9. The fourth-order valence-electron chi connectivity index (χ4n) is 3.51. The van der Waals surface area contributed by atoms with Crippen molar-refractivity contribution >= 4 is 21.6 Å². The van der Waals surface area contributed by atoms with Crippen molar-refractivity contribution in [2.45, 2.75) is 17.7 Å². The minimum absolute atomic E-state index is 0.0853. The van der Waals surface area contributed by atoms with Crippen LogP contribution < -0.4 is 23.8 Å². The Balaban J connectivity index is 1.73. The van der Waals surface area contributed by atoms with Crippen molar-refractivity contribution in [1.82, 2.24) is 5.32 Å². The number of benzene rings is 3. The third-order valence-corrected chi connectivity index (χ3v) is 7.19. The predicted molar refractivity (Wildman–Crippen MR) is 135 cm³/mol. The van der Waals surface area contributed by atoms with Gasteiger partial charge in [0.2, 0.25) is 5.91 Å². The third-order valence-electron chi connectivity index (χ3n) is 5.40. The second-order valence-electron chi connectivity index (χ2n) is 7.67. The highest BCUT2D eigenvalue weighted by atomic mass is 32.2. The highest BCUT2D eigenvalue weighted by Crippen LogP contribution is 2.33. The van der Waals surface area contributed by atoms with Gasteiger partial charge in [-0.2, -0.15) is 0 Å². The SMILES string of the molecule is COc1ccc(CCCNC(=O)CN(c2ccc(OC)c(OC)c2)S(=O)(=O)c2ccccc2)cc1. The van der Waals surface area contributed by atoms with Gasteiger partial charge in [0.05, 0.1) is 31.9 Å². The highest BCUT2D eigenvalue weighted by molar-refractivity contribution is 7.92. The zero-order valence-corrected chi connectivity index (χ0v) is 20.9. The summed E-state index contributed by atoms with van der Waals surface area (Å²) in [4.78, 5) is 12.9. The lowest BCUT2D eigenvalue weighted by Crippen LogP contribution is -2.41. The first kappa shape index (κ1) is 25.9. The zero-order chi connectivity index (χ0) is 25.3. The summed E-state index contributed by atoms with van der Waals surface area (Å²) in [5, 5.41) is 2.82. The van der Waals surface area contributed by atoms with Gasteiger partial charge in [-0.1, -0.05) is 30.3 Å². The molecule has 0 aromatic heterocycles. The molecule has 0 unspecified atom stereocenters. The van der Waals surface area contributed by atoms with Crippen LogP contribution in [0.4, 0.5) is 5.69 Å². The highest BCUT2D eigenvalue weighted by Gasteiger charge is 2.28. The number of ether oxygens (including phenoxy) is 3. The smallest absolute Gasteiger partial charge is 0.264 e. The van der Waals surface area contributed by atoms with Gasteiger partial charge in [0.1, 0.15) is 12.3 Å². The number of nitrogens with zero attached hydrogens (tertiary/aromatic N) is 1. The molecule has 3 aromatic carbocycles. The number of hydrogen-bond donors (Lipinski definition) is 1. The summed E-state index contributed by atoms with van der Waals surface area (Å²) < 4.78 is 43.7. The Morgan fingerprint density at radius 1 is 0.857 bits per heavy atom. The van der Waals surface area contributed by atoms with E-state index in [1.807, 2.05) is 24.3 Å². The van der Waals surface area contributed by atoms with Crippen LogP contribution in [-0.4, -0.2) is 48.7 Å². The molecule has 8 nitrogen and oxygen atoms in total. The molecule has 0 saturated heterocycles. The van der Waals surface area contributed by atoms with Crippen LogP contribution in [0.2, 0.25) is 0 Å². The zero-order valence-electron chi connectivity index (χ0n) is 20.1. The molecule has 1 amide bonds. The predicted octanol–water partition coefficient (Wildman–Crippen LogP) is 3.66. The Labute approximate surface area is 206 Å². The van der Waals surface area contributed by atoms with E-state index in [9.17, 15) is 13.2 Å². The van der Waals surface area contributed by atoms with Crippen LogP contribution in [-0.2, 0) is 21.2 Å². The molecule has 1 N–H and O–H groups in total. The van der Waals surface area contributed by atoms with Crippen molar-refractivity contribution in [2.75, 3.05) is 38.7 Å². The molecule has 0 spiro atoms. The molecule has 0 heterocycles. The number of carbonyl (C=O) groups excluding carboxylic acids is 1. The molecule has 0 aliphatic carbocycles. The summed E-state index contributed by atoms with van der Waals surface area (Å²) in [6.07, 6.45) is 1.48. The van der Waals surface area contributed by atoms with Crippen LogP contribution in [0, 0.1) is 0 Å². The van der Waals surface area contributed by atoms with Crippen LogP contribution in [0.5, 0.6) is 17.2 Å². The molecule has 3 aromatic rings. The maximum Gasteiger partial charge on any atom is 0.264 e. The van der Waals surface area contributed by atoms with E-state index in [0.717, 1.165) is 22.0 Å². The summed E-state index contributed by atoms with van der Waals surface area (Å²) in [6.45, 7) is 0.0330. The van der Waals surface area contributed by atoms with Crippen molar-refractivity contribution in [1.29, 1.82) is 0 Å². The largest absolute Gasteiger partial charge is 0.497 e. The number of methoxy groups -OCH3 is 3. The fraction of sp³-hybridized carbons (Fsp3) is 0.269. The molecule has 9 heteroatoms. The Morgan fingerprint density at radius 3 is 2.17 bits per heavy atom. The van der Waals surface area contributed by atoms with E-state index in [0.29, 0.717) is 30.2 Å². The third kappa shape index (κ3) is 6.66. The average Bonchev–Trinajstić information content (AvgIpc) is 2.90. The minimum atomic E-state index is -4.01. The number of anilines is 1. The molecule has 186 valence electrons. The summed E-state index contributed by atoms with van der Waals surface area (Å²) in [5.74, 6) is 1.19. The number of amides is 1. The molecule has 0 aliphatic heterocycles. The van der Waals surface area contributed by atoms with Crippen molar-refractivity contribution in [3.8, 4) is 17.2 Å². The Morgan fingerprint density at radius 2 is 1.54 bits per heavy atom. The van der Waals surface area contributed by atoms with Gasteiger partial charge < -0.3 is 19.5 Å². The van der Waals surface area contributed by atoms with Gasteiger partial charge in [0.25, 0.3) is 10.0 Å². The van der Waals surface area contributed by atoms with Gasteiger partial charge in [-0.25, -0.2) is 8.42 Å². The molecule has 0 bridgehead atoms. The topological polar surface area (TPSA) is 94.2 Å². The Kier molecular flexibility index (Phi) is 8.97. The van der Waals surface area contributed by atoms with E-state index in [4.69, 9.17) is 14.2 Å². The van der Waals surface area contributed by atoms with Crippen molar-refractivity contribution in [3.63, 3.8) is 0 Å². The molecule has 0 radical (unpaired) electrons. The lowest BCUT2D eigenvalue weighted by molar-refractivity contribution is -0.119. The Bertz CT molecular complexity index is 1210. The molecule has 0 aliphatic rings. The number of sulfonamides is 1. The standard InChI is InChI=1S/C26H30N2O6S/c1-32-22-14-11-20(12-15-22)8-7-17-27-26(29)19-28(35(30,31)23-9-5-4-6-10-23)21-13-16-24(33-2)25(18-21)34-3/h4-6,9-16,18H,7-8,17,19H2,1-3H3,(H,27,29). The molecule has 0 saturated carbocycles. The van der Waals surface area contributed by atoms with E-state index in [2.05, 4.69) is 5.32 Å². The number of hydrogen-bond acceptors (Lipinski definition) is 6. The van der Waals surface area contributed by atoms with Crippen molar-refractivity contribution < 1.29 is 27.4 Å². The lowest BCUT2D eigenvalue weighted by atomic mass is 10.1. The van der Waals surface area contributed by atoms with Crippen LogP contribution in [0.3, 0.4) is 0 Å². The van der Waals surface area contributed by atoms with Gasteiger partial charge >= 0.3 is 0 Å². The van der Waals surface area contributed by atoms with Crippen LogP contribution in [0.1, 0.15) is 12.0 Å². The summed E-state index contributed by atoms with van der Waals surface area (Å²) in [5.41, 5.74) is 1.42. The van der Waals surface area contributed by atoms with E-state index in [1.54, 1.807) is 37.4 Å². The number of aryl methyl sites for hydroxylation is 1. The second kappa shape index (κ2) is 12.1. The molecule has 0 fully saturated rings. The number of rotatable bonds is 12. The van der Waals surface area contributed by atoms with Crippen LogP contribution in [0.15, 0.2) is 77.7 Å². The van der Waals surface area contributed by atoms with Crippen LogP contribution >= 0.6 is 0 Å². The first-order valence-corrected chi connectivity index (χ1v) is 12.5. The quantitative estimate of drug-likeness (QED) is 0.383. The maximum absolute atomic E-state index is 13.5. The van der Waals surface area contributed by atoms with Crippen molar-refractivity contribution in [2.24, 2.45) is 0 Å². The van der Waals surface area contributed by atoms with Crippen molar-refractivity contribution in [3.05, 3.63) is 78.4 Å². The number of nitrogens with one attached hydrogen (secondary N) is 1. The monoisotopic (exact) mass is 498 g/mol. The first-order chi connectivity index (χ1) is 16.9. The van der Waals surface area contributed by atoms with Crippen LogP contribution in [0.25, 0.3) is 0 Å². The minimum Gasteiger partial charge on any atom is -0.497 e. The number of carbonyl (C=O) groups is 1. The van der Waals surface area contributed by atoms with E-state index < -0.39 is 15.9 Å². The molecule has 35 heavy (non-hydrogen) atoms. The van der Waals surface area contributed by atoms with E-state index >= 15 is 0 Å². The molecule has 3 rings (SSSR count).